The summed E-state index contributed by atoms with van der Waals surface area (Å²) in [6, 6.07) is 108. The van der Waals surface area contributed by atoms with Gasteiger partial charge < -0.3 is 9.31 Å². The van der Waals surface area contributed by atoms with Crippen molar-refractivity contribution < 1.29 is 9.31 Å². The van der Waals surface area contributed by atoms with E-state index in [2.05, 4.69) is 363 Å². The van der Waals surface area contributed by atoms with Crippen molar-refractivity contribution in [3.05, 3.63) is 318 Å². The van der Waals surface area contributed by atoms with Crippen molar-refractivity contribution in [3.63, 3.8) is 0 Å². The van der Waals surface area contributed by atoms with Crippen LogP contribution in [0, 0.1) is 0 Å². The summed E-state index contributed by atoms with van der Waals surface area (Å²) in [6.07, 6.45) is 0. The molecule has 0 atom stereocenters. The molecule has 2 nitrogen and oxygen atoms in total. The van der Waals surface area contributed by atoms with Gasteiger partial charge in [0.05, 0.1) is 11.2 Å². The molecular formula is C96H72BBrO2S2. The molecule has 102 heavy (non-hydrogen) atoms. The lowest BCUT2D eigenvalue weighted by Gasteiger charge is -2.32. The Morgan fingerprint density at radius 3 is 1.13 bits per heavy atom. The second kappa shape index (κ2) is 23.5. The van der Waals surface area contributed by atoms with Crippen LogP contribution in [0.1, 0.15) is 77.6 Å². The van der Waals surface area contributed by atoms with Crippen LogP contribution < -0.4 is 5.46 Å². The summed E-state index contributed by atoms with van der Waals surface area (Å²) < 4.78 is 19.3. The van der Waals surface area contributed by atoms with Gasteiger partial charge in [0.15, 0.2) is 0 Å². The van der Waals surface area contributed by atoms with Crippen LogP contribution in [-0.2, 0) is 20.1 Å². The van der Waals surface area contributed by atoms with E-state index in [-0.39, 0.29) is 29.2 Å². The monoisotopic (exact) mass is 1410 g/mol. The standard InChI is InChI=1S/C45H30S.C33H31BO2.C18H11BrS/c1-45(2)41-19-7-5-15-34(41)40-25-38-32-14-4-3-13-31(32)37-24-28(21-22-33(37)39(38)26-42(40)45)27-11-9-12-29(23-27)30-17-10-18-36-35-16-6-8-20-43(35)46-44(30)36;1-31(2)29-14-10-9-13-24(29)28-18-26-22-12-8-7-11-21(22)25-17-20(15-16-23(25)27(26)19-30(28)31)34-35-32(3,4)33(5,6)36-34;19-13-6-3-5-12(11-13)14-8-4-9-16-15-7-1-2-10-17(15)20-18(14)16/h3-26H,1-2H3;7-19H,1-6H3;1-11H. The number of thiophene rings is 2. The minimum absolute atomic E-state index is 0.0271. The van der Waals surface area contributed by atoms with E-state index < -0.39 is 0 Å². The number of benzene rings is 16. The third-order valence-corrected chi connectivity index (χ3v) is 26.0. The van der Waals surface area contributed by atoms with Gasteiger partial charge in [-0.05, 0) is 236 Å². The number of halogens is 1. The number of hydrogen-bond acceptors (Lipinski definition) is 4. The average Bonchev–Trinajstić information content (AvgIpc) is 1.48. The zero-order valence-corrected chi connectivity index (χ0v) is 61.5. The Morgan fingerprint density at radius 2 is 0.618 bits per heavy atom. The molecule has 0 radical (unpaired) electrons. The summed E-state index contributed by atoms with van der Waals surface area (Å²) in [7, 11) is -0.373. The van der Waals surface area contributed by atoms with Crippen molar-refractivity contribution in [1.82, 2.24) is 0 Å². The molecule has 3 aliphatic rings. The van der Waals surface area contributed by atoms with Crippen molar-refractivity contribution >= 4 is 156 Å². The van der Waals surface area contributed by atoms with E-state index in [0.717, 1.165) is 9.94 Å². The van der Waals surface area contributed by atoms with E-state index in [4.69, 9.17) is 9.31 Å². The van der Waals surface area contributed by atoms with E-state index in [1.54, 1.807) is 0 Å². The lowest BCUT2D eigenvalue weighted by atomic mass is 9.77. The molecule has 2 aliphatic carbocycles. The van der Waals surface area contributed by atoms with Crippen molar-refractivity contribution in [2.75, 3.05) is 0 Å². The summed E-state index contributed by atoms with van der Waals surface area (Å²) in [5, 5.41) is 21.0. The largest absolute Gasteiger partial charge is 0.494 e. The molecule has 1 fully saturated rings. The number of fused-ring (bicyclic) bond motifs is 24. The van der Waals surface area contributed by atoms with Crippen molar-refractivity contribution in [1.29, 1.82) is 0 Å². The van der Waals surface area contributed by atoms with Crippen LogP contribution in [0.15, 0.2) is 296 Å². The fourth-order valence-corrected chi connectivity index (χ4v) is 20.0. The zero-order chi connectivity index (χ0) is 69.1. The Kier molecular flexibility index (Phi) is 14.5. The number of hydrogen-bond donors (Lipinski definition) is 0. The summed E-state index contributed by atoms with van der Waals surface area (Å²) >= 11 is 7.33. The molecule has 6 heteroatoms. The van der Waals surface area contributed by atoms with Gasteiger partial charge in [-0.15, -0.1) is 22.7 Å². The van der Waals surface area contributed by atoms with Crippen molar-refractivity contribution in [2.24, 2.45) is 0 Å². The van der Waals surface area contributed by atoms with Gasteiger partial charge >= 0.3 is 7.12 Å². The van der Waals surface area contributed by atoms with Gasteiger partial charge in [-0.2, -0.15) is 0 Å². The van der Waals surface area contributed by atoms with Crippen LogP contribution in [-0.4, -0.2) is 18.3 Å². The summed E-state index contributed by atoms with van der Waals surface area (Å²) in [5.74, 6) is 0. The first-order valence-corrected chi connectivity index (χ1v) is 38.0. The molecule has 490 valence electrons. The van der Waals surface area contributed by atoms with Gasteiger partial charge in [-0.1, -0.05) is 274 Å². The van der Waals surface area contributed by atoms with E-state index >= 15 is 0 Å². The Hall–Kier alpha value is -10.0. The molecule has 0 saturated carbocycles. The van der Waals surface area contributed by atoms with Crippen LogP contribution in [0.3, 0.4) is 0 Å². The quantitative estimate of drug-likeness (QED) is 0.129. The fourth-order valence-electron chi connectivity index (χ4n) is 17.1. The van der Waals surface area contributed by atoms with Crippen molar-refractivity contribution in [2.45, 2.75) is 77.4 Å². The van der Waals surface area contributed by atoms with Crippen molar-refractivity contribution in [3.8, 4) is 55.6 Å². The molecule has 0 spiro atoms. The van der Waals surface area contributed by atoms with Gasteiger partial charge in [-0.25, -0.2) is 0 Å². The average molecular weight is 1410 g/mol. The third-order valence-electron chi connectivity index (χ3n) is 23.1. The van der Waals surface area contributed by atoms with E-state index in [9.17, 15) is 0 Å². The van der Waals surface area contributed by atoms with Gasteiger partial charge in [0, 0.05) is 55.6 Å². The van der Waals surface area contributed by atoms with Gasteiger partial charge in [-0.3, -0.25) is 0 Å². The van der Waals surface area contributed by atoms with E-state index in [0.29, 0.717) is 0 Å². The molecule has 21 rings (SSSR count). The molecule has 0 bridgehead atoms. The highest BCUT2D eigenvalue weighted by Gasteiger charge is 2.52. The number of rotatable bonds is 4. The molecule has 1 saturated heterocycles. The lowest BCUT2D eigenvalue weighted by Crippen LogP contribution is -2.41. The second-order valence-corrected chi connectivity index (χ2v) is 33.1. The third kappa shape index (κ3) is 9.85. The summed E-state index contributed by atoms with van der Waals surface area (Å²) in [4.78, 5) is 0. The normalized spacial score (nSPS) is 15.1. The summed E-state index contributed by atoms with van der Waals surface area (Å²) in [5.41, 5.74) is 19.0. The topological polar surface area (TPSA) is 18.5 Å². The fraction of sp³-hybridized carbons (Fsp3) is 0.125. The zero-order valence-electron chi connectivity index (χ0n) is 58.3. The molecule has 1 aliphatic heterocycles. The van der Waals surface area contributed by atoms with Gasteiger partial charge in [0.1, 0.15) is 0 Å². The Labute approximate surface area is 611 Å². The van der Waals surface area contributed by atoms with Gasteiger partial charge in [0.25, 0.3) is 0 Å². The maximum atomic E-state index is 6.40. The molecule has 0 amide bonds. The first kappa shape index (κ1) is 62.9. The van der Waals surface area contributed by atoms with Crippen LogP contribution in [0.4, 0.5) is 0 Å². The SMILES string of the molecule is Brc1cccc(-c2cccc3c2sc2ccccc23)c1.CC1(C)c2ccccc2-c2cc3c4ccccc4c4cc(-c5cccc(-c6cccc7c6sc6ccccc67)c5)ccc4c3cc21.CC1(C)c2ccccc2-c2cc3c4ccccc4c4cc(B5OC(C)(C)C(C)(C)O5)ccc4c3cc21. The van der Waals surface area contributed by atoms with Crippen LogP contribution in [0.2, 0.25) is 0 Å². The summed E-state index contributed by atoms with van der Waals surface area (Å²) in [6.45, 7) is 17.9. The van der Waals surface area contributed by atoms with E-state index in [1.807, 2.05) is 22.7 Å². The highest BCUT2D eigenvalue weighted by atomic mass is 79.9. The smallest absolute Gasteiger partial charge is 0.399 e. The molecule has 0 unspecified atom stereocenters. The Morgan fingerprint density at radius 1 is 0.255 bits per heavy atom. The molecular weight excluding hydrogens is 1340 g/mol. The molecule has 0 N–H and O–H groups in total. The highest BCUT2D eigenvalue weighted by Crippen LogP contribution is 2.54. The molecule has 16 aromatic carbocycles. The maximum Gasteiger partial charge on any atom is 0.494 e. The minimum atomic E-state index is -0.373. The van der Waals surface area contributed by atoms with Gasteiger partial charge in [0.2, 0.25) is 0 Å². The predicted molar refractivity (Wildman–Crippen MR) is 445 cm³/mol. The maximum absolute atomic E-state index is 6.40. The molecule has 2 aromatic heterocycles. The van der Waals surface area contributed by atoms with Crippen LogP contribution >= 0.6 is 38.6 Å². The van der Waals surface area contributed by atoms with E-state index in [1.165, 1.54) is 183 Å². The second-order valence-electron chi connectivity index (χ2n) is 30.1. The van der Waals surface area contributed by atoms with Crippen LogP contribution in [0.5, 0.6) is 0 Å². The first-order chi connectivity index (χ1) is 49.5. The van der Waals surface area contributed by atoms with Crippen LogP contribution in [0.25, 0.3) is 161 Å². The Balaban J connectivity index is 0.000000114. The Bertz CT molecular complexity index is 6550. The predicted octanol–water partition coefficient (Wildman–Crippen LogP) is 27.4. The molecule has 3 heterocycles. The lowest BCUT2D eigenvalue weighted by molar-refractivity contribution is 0.00578. The first-order valence-electron chi connectivity index (χ1n) is 35.6. The highest BCUT2D eigenvalue weighted by molar-refractivity contribution is 9.10. The minimum Gasteiger partial charge on any atom is -0.399 e. The molecule has 18 aromatic rings.